The summed E-state index contributed by atoms with van der Waals surface area (Å²) < 4.78 is 15.9. The zero-order valence-corrected chi connectivity index (χ0v) is 13.8. The molecule has 1 aliphatic rings. The van der Waals surface area contributed by atoms with Gasteiger partial charge < -0.3 is 14.2 Å². The lowest BCUT2D eigenvalue weighted by Gasteiger charge is -2.26. The summed E-state index contributed by atoms with van der Waals surface area (Å²) in [5.74, 6) is 0.234. The molecule has 3 rings (SSSR count). The summed E-state index contributed by atoms with van der Waals surface area (Å²) >= 11 is 0. The number of benzene rings is 2. The SMILES string of the molecule is CC(=O)Oc1ccc([C@@H]2CC(=O)c3ccc(OC(C)=O)cc3O2)cc1. The molecule has 2 aromatic rings. The van der Waals surface area contributed by atoms with Crippen LogP contribution in [0.3, 0.4) is 0 Å². The van der Waals surface area contributed by atoms with Crippen LogP contribution in [0.15, 0.2) is 42.5 Å². The fourth-order valence-corrected chi connectivity index (χ4v) is 2.64. The average molecular weight is 340 g/mol. The van der Waals surface area contributed by atoms with E-state index in [4.69, 9.17) is 14.2 Å². The molecule has 0 fully saturated rings. The Balaban J connectivity index is 1.83. The molecule has 0 unspecified atom stereocenters. The van der Waals surface area contributed by atoms with Crippen molar-refractivity contribution in [2.75, 3.05) is 0 Å². The molecule has 1 heterocycles. The number of carbonyl (C=O) groups is 3. The lowest BCUT2D eigenvalue weighted by atomic mass is 9.96. The molecule has 0 saturated carbocycles. The highest BCUT2D eigenvalue weighted by atomic mass is 16.5. The van der Waals surface area contributed by atoms with Gasteiger partial charge in [0.15, 0.2) is 5.78 Å². The highest BCUT2D eigenvalue weighted by Crippen LogP contribution is 2.37. The maximum Gasteiger partial charge on any atom is 0.308 e. The largest absolute Gasteiger partial charge is 0.484 e. The van der Waals surface area contributed by atoms with Gasteiger partial charge in [0, 0.05) is 19.9 Å². The Morgan fingerprint density at radius 3 is 2.20 bits per heavy atom. The Hall–Kier alpha value is -3.15. The van der Waals surface area contributed by atoms with E-state index in [1.54, 1.807) is 36.4 Å². The number of fused-ring (bicyclic) bond motifs is 1. The standard InChI is InChI=1S/C19H16O6/c1-11(20)23-14-5-3-13(4-6-14)18-10-17(22)16-8-7-15(24-12(2)21)9-19(16)25-18/h3-9,18H,10H2,1-2H3/t18-/m0/s1. The molecule has 2 aromatic carbocycles. The summed E-state index contributed by atoms with van der Waals surface area (Å²) in [6.45, 7) is 2.63. The summed E-state index contributed by atoms with van der Waals surface area (Å²) in [6.07, 6.45) is -0.258. The minimum atomic E-state index is -0.459. The maximum absolute atomic E-state index is 12.4. The van der Waals surface area contributed by atoms with Crippen molar-refractivity contribution in [3.63, 3.8) is 0 Å². The smallest absolute Gasteiger partial charge is 0.308 e. The Morgan fingerprint density at radius 2 is 1.56 bits per heavy atom. The van der Waals surface area contributed by atoms with E-state index in [0.29, 0.717) is 22.8 Å². The number of hydrogen-bond donors (Lipinski definition) is 0. The summed E-state index contributed by atoms with van der Waals surface area (Å²) in [5, 5.41) is 0. The van der Waals surface area contributed by atoms with Crippen LogP contribution in [0.1, 0.15) is 42.3 Å². The van der Waals surface area contributed by atoms with Gasteiger partial charge in [-0.15, -0.1) is 0 Å². The first kappa shape index (κ1) is 16.7. The van der Waals surface area contributed by atoms with Gasteiger partial charge in [0.05, 0.1) is 12.0 Å². The molecule has 6 heteroatoms. The highest BCUT2D eigenvalue weighted by molar-refractivity contribution is 6.00. The van der Waals surface area contributed by atoms with Gasteiger partial charge in [0.25, 0.3) is 0 Å². The lowest BCUT2D eigenvalue weighted by Crippen LogP contribution is -2.20. The predicted octanol–water partition coefficient (Wildman–Crippen LogP) is 3.24. The minimum Gasteiger partial charge on any atom is -0.484 e. The second-order valence-electron chi connectivity index (χ2n) is 5.65. The molecule has 6 nitrogen and oxygen atoms in total. The molecule has 0 amide bonds. The van der Waals surface area contributed by atoms with Crippen molar-refractivity contribution < 1.29 is 28.6 Å². The average Bonchev–Trinajstić information content (AvgIpc) is 2.54. The van der Waals surface area contributed by atoms with Gasteiger partial charge in [-0.05, 0) is 29.8 Å². The second-order valence-corrected chi connectivity index (χ2v) is 5.65. The first-order chi connectivity index (χ1) is 11.9. The Kier molecular flexibility index (Phi) is 4.52. The van der Waals surface area contributed by atoms with Gasteiger partial charge in [-0.1, -0.05) is 12.1 Å². The minimum absolute atomic E-state index is 0.0512. The van der Waals surface area contributed by atoms with Crippen molar-refractivity contribution in [2.24, 2.45) is 0 Å². The van der Waals surface area contributed by atoms with Gasteiger partial charge in [0.1, 0.15) is 23.4 Å². The number of ether oxygens (including phenoxy) is 3. The van der Waals surface area contributed by atoms with Crippen molar-refractivity contribution in [1.29, 1.82) is 0 Å². The quantitative estimate of drug-likeness (QED) is 0.630. The second kappa shape index (κ2) is 6.76. The fourth-order valence-electron chi connectivity index (χ4n) is 2.64. The molecule has 0 spiro atoms. The van der Waals surface area contributed by atoms with E-state index >= 15 is 0 Å². The molecular formula is C19H16O6. The first-order valence-electron chi connectivity index (χ1n) is 7.73. The maximum atomic E-state index is 12.4. The Bertz CT molecular complexity index is 837. The number of Topliss-reactive ketones (excluding diaryl/α,β-unsaturated/α-hetero) is 1. The third-order valence-corrected chi connectivity index (χ3v) is 3.67. The van der Waals surface area contributed by atoms with Crippen molar-refractivity contribution >= 4 is 17.7 Å². The monoisotopic (exact) mass is 340 g/mol. The number of esters is 2. The van der Waals surface area contributed by atoms with Crippen molar-refractivity contribution in [3.8, 4) is 17.2 Å². The van der Waals surface area contributed by atoms with Crippen LogP contribution >= 0.6 is 0 Å². The summed E-state index contributed by atoms with van der Waals surface area (Å²) in [4.78, 5) is 34.4. The van der Waals surface area contributed by atoms with Crippen molar-refractivity contribution in [3.05, 3.63) is 53.6 Å². The lowest BCUT2D eigenvalue weighted by molar-refractivity contribution is -0.132. The molecule has 0 bridgehead atoms. The van der Waals surface area contributed by atoms with E-state index < -0.39 is 18.0 Å². The molecule has 0 saturated heterocycles. The van der Waals surface area contributed by atoms with Crippen LogP contribution in [0, 0.1) is 0 Å². The zero-order valence-electron chi connectivity index (χ0n) is 13.8. The van der Waals surface area contributed by atoms with Crippen LogP contribution in [-0.4, -0.2) is 17.7 Å². The van der Waals surface area contributed by atoms with Crippen molar-refractivity contribution in [1.82, 2.24) is 0 Å². The fraction of sp³-hybridized carbons (Fsp3) is 0.211. The third kappa shape index (κ3) is 3.85. The summed E-state index contributed by atoms with van der Waals surface area (Å²) in [5.41, 5.74) is 1.25. The van der Waals surface area contributed by atoms with E-state index in [2.05, 4.69) is 0 Å². The first-order valence-corrected chi connectivity index (χ1v) is 7.73. The topological polar surface area (TPSA) is 78.9 Å². The normalized spacial score (nSPS) is 15.8. The van der Waals surface area contributed by atoms with Gasteiger partial charge in [-0.25, -0.2) is 0 Å². The van der Waals surface area contributed by atoms with Gasteiger partial charge in [-0.3, -0.25) is 14.4 Å². The zero-order chi connectivity index (χ0) is 18.0. The van der Waals surface area contributed by atoms with Gasteiger partial charge in [-0.2, -0.15) is 0 Å². The summed E-state index contributed by atoms with van der Waals surface area (Å²) in [6, 6.07) is 11.5. The molecule has 0 N–H and O–H groups in total. The van der Waals surface area contributed by atoms with Crippen LogP contribution in [-0.2, 0) is 9.59 Å². The molecular weight excluding hydrogens is 324 g/mol. The molecule has 0 aliphatic carbocycles. The van der Waals surface area contributed by atoms with Crippen LogP contribution in [0.5, 0.6) is 17.2 Å². The molecule has 128 valence electrons. The highest BCUT2D eigenvalue weighted by Gasteiger charge is 2.28. The van der Waals surface area contributed by atoms with Crippen LogP contribution in [0.2, 0.25) is 0 Å². The van der Waals surface area contributed by atoms with E-state index in [0.717, 1.165) is 5.56 Å². The number of carbonyl (C=O) groups excluding carboxylic acids is 3. The molecule has 25 heavy (non-hydrogen) atoms. The van der Waals surface area contributed by atoms with E-state index in [1.807, 2.05) is 0 Å². The van der Waals surface area contributed by atoms with Gasteiger partial charge in [0.2, 0.25) is 0 Å². The van der Waals surface area contributed by atoms with Crippen LogP contribution < -0.4 is 14.2 Å². The third-order valence-electron chi connectivity index (χ3n) is 3.67. The number of ketones is 1. The predicted molar refractivity (Wildman–Crippen MR) is 87.8 cm³/mol. The van der Waals surface area contributed by atoms with Crippen LogP contribution in [0.25, 0.3) is 0 Å². The molecule has 0 aromatic heterocycles. The van der Waals surface area contributed by atoms with E-state index in [1.165, 1.54) is 19.9 Å². The molecule has 1 aliphatic heterocycles. The van der Waals surface area contributed by atoms with E-state index in [-0.39, 0.29) is 12.2 Å². The Labute approximate surface area is 144 Å². The number of hydrogen-bond acceptors (Lipinski definition) is 6. The van der Waals surface area contributed by atoms with Crippen LogP contribution in [0.4, 0.5) is 0 Å². The number of rotatable bonds is 3. The molecule has 0 radical (unpaired) electrons. The van der Waals surface area contributed by atoms with Gasteiger partial charge >= 0.3 is 11.9 Å². The van der Waals surface area contributed by atoms with E-state index in [9.17, 15) is 14.4 Å². The summed E-state index contributed by atoms with van der Waals surface area (Å²) in [7, 11) is 0. The Morgan fingerprint density at radius 1 is 0.960 bits per heavy atom. The van der Waals surface area contributed by atoms with Crippen molar-refractivity contribution in [2.45, 2.75) is 26.4 Å². The molecule has 1 atom stereocenters.